The predicted octanol–water partition coefficient (Wildman–Crippen LogP) is 5.34. The number of aliphatic hydroxyl groups excluding tert-OH is 1. The van der Waals surface area contributed by atoms with Crippen molar-refractivity contribution in [1.82, 2.24) is 36.0 Å². The van der Waals surface area contributed by atoms with Crippen LogP contribution < -0.4 is 16.1 Å². The average Bonchev–Trinajstić information content (AvgIpc) is 4.01. The van der Waals surface area contributed by atoms with Crippen molar-refractivity contribution >= 4 is 35.0 Å². The number of alkyl halides is 2. The molecule has 2 aromatic heterocycles. The molecule has 6 rings (SSSR count). The lowest BCUT2D eigenvalue weighted by Crippen LogP contribution is -2.58. The summed E-state index contributed by atoms with van der Waals surface area (Å²) >= 11 is 1.55. The number of hydrogen-bond donors (Lipinski definition) is 5. The van der Waals surface area contributed by atoms with E-state index in [4.69, 9.17) is 23.7 Å². The number of aryl methyl sites for hydroxylation is 1. The first-order valence-electron chi connectivity index (χ1n) is 23.9. The number of nitrogens with zero attached hydrogens (tertiary/aromatic N) is 4. The van der Waals surface area contributed by atoms with Crippen molar-refractivity contribution in [2.75, 3.05) is 72.6 Å². The third-order valence-corrected chi connectivity index (χ3v) is 12.9. The van der Waals surface area contributed by atoms with Crippen LogP contribution in [-0.2, 0) is 55.3 Å². The maximum Gasteiger partial charge on any atom is 0.299 e. The monoisotopic (exact) mass is 1050 g/mol. The SMILES string of the molecule is Cc1ncsc1-c1ccc(CNC(=O)[C@@H]2C[C@H](O)CN2C(=O)[C@@H](NC(=O)COCCOCCOCCOCCOCC(F)(F)c2cnc(-c3ccc(C(C(=O)NO)c4ccccc4F)cc3)nc2)C(C)(C)C)cc1. The van der Waals surface area contributed by atoms with Crippen LogP contribution in [0.5, 0.6) is 0 Å². The largest absolute Gasteiger partial charge is 0.391 e. The summed E-state index contributed by atoms with van der Waals surface area (Å²) < 4.78 is 71.2. The van der Waals surface area contributed by atoms with Crippen molar-refractivity contribution in [3.05, 3.63) is 124 Å². The highest BCUT2D eigenvalue weighted by atomic mass is 32.1. The molecular formula is C52H62F3N7O11S. The second kappa shape index (κ2) is 27.3. The molecule has 1 unspecified atom stereocenters. The fraction of sp³-hybridized carbons (Fsp3) is 0.442. The van der Waals surface area contributed by atoms with Crippen LogP contribution in [-0.4, -0.2) is 145 Å². The predicted molar refractivity (Wildman–Crippen MR) is 265 cm³/mol. The first-order chi connectivity index (χ1) is 35.5. The fourth-order valence-electron chi connectivity index (χ4n) is 7.95. The van der Waals surface area contributed by atoms with Crippen LogP contribution in [0.3, 0.4) is 0 Å². The Hall–Kier alpha value is -6.24. The molecule has 22 heteroatoms. The Labute approximate surface area is 430 Å². The first-order valence-corrected chi connectivity index (χ1v) is 24.8. The lowest BCUT2D eigenvalue weighted by Gasteiger charge is -2.35. The minimum atomic E-state index is -3.40. The van der Waals surface area contributed by atoms with Crippen molar-refractivity contribution in [1.29, 1.82) is 0 Å². The number of hydroxylamine groups is 1. The summed E-state index contributed by atoms with van der Waals surface area (Å²) in [6, 6.07) is 17.7. The number of hydrogen-bond acceptors (Lipinski definition) is 15. The molecule has 0 radical (unpaired) electrons. The molecule has 1 aliphatic rings. The zero-order valence-corrected chi connectivity index (χ0v) is 42.4. The van der Waals surface area contributed by atoms with E-state index in [1.165, 1.54) is 35.2 Å². The molecule has 4 atom stereocenters. The number of amides is 4. The van der Waals surface area contributed by atoms with Gasteiger partial charge in [0.05, 0.1) is 86.5 Å². The molecule has 74 heavy (non-hydrogen) atoms. The Balaban J connectivity index is 0.800. The molecule has 0 spiro atoms. The lowest BCUT2D eigenvalue weighted by molar-refractivity contribution is -0.144. The highest BCUT2D eigenvalue weighted by molar-refractivity contribution is 7.13. The molecule has 1 saturated heterocycles. The highest BCUT2D eigenvalue weighted by Gasteiger charge is 2.44. The van der Waals surface area contributed by atoms with Crippen molar-refractivity contribution in [3.63, 3.8) is 0 Å². The molecule has 1 aliphatic heterocycles. The quantitative estimate of drug-likeness (QED) is 0.0254. The summed E-state index contributed by atoms with van der Waals surface area (Å²) in [5.41, 5.74) is 5.89. The standard InChI is InChI=1S/C52H62F3N7O11S/c1-33-45(74-32-59-33)36-11-9-34(10-12-36)26-58-48(65)42-25-39(63)29-62(42)50(67)46(51(2,3)4)60-43(64)30-72-23-21-70-19-17-69-18-20-71-22-24-73-31-52(54,55)38-27-56-47(57-28-38)37-15-13-35(14-16-37)44(49(66)61-68)40-7-5-6-8-41(40)53/h5-16,27-28,32,39,42,44,46,63,68H,17-26,29-31H2,1-4H3,(H,58,65)(H,60,64)(H,61,66)/t39-,42-,44?,46+/m0/s1. The normalized spacial score (nSPS) is 15.7. The third-order valence-electron chi connectivity index (χ3n) is 11.9. The zero-order valence-electron chi connectivity index (χ0n) is 41.6. The van der Waals surface area contributed by atoms with Gasteiger partial charge >= 0.3 is 0 Å². The van der Waals surface area contributed by atoms with Crippen LogP contribution in [0.15, 0.2) is 90.7 Å². The summed E-state index contributed by atoms with van der Waals surface area (Å²) in [4.78, 5) is 67.5. The molecule has 4 amide bonds. The van der Waals surface area contributed by atoms with Crippen LogP contribution >= 0.6 is 11.3 Å². The van der Waals surface area contributed by atoms with Crippen molar-refractivity contribution in [3.8, 4) is 21.8 Å². The number of carbonyl (C=O) groups excluding carboxylic acids is 4. The van der Waals surface area contributed by atoms with Gasteiger partial charge in [-0.25, -0.2) is 24.8 Å². The Kier molecular flexibility index (Phi) is 21.1. The van der Waals surface area contributed by atoms with Crippen LogP contribution in [0.4, 0.5) is 13.2 Å². The summed E-state index contributed by atoms with van der Waals surface area (Å²) in [5, 5.41) is 25.4. The number of thiazole rings is 1. The number of aliphatic hydroxyl groups is 1. The molecule has 3 heterocycles. The van der Waals surface area contributed by atoms with Gasteiger partial charge < -0.3 is 44.3 Å². The van der Waals surface area contributed by atoms with Crippen LogP contribution in [0.2, 0.25) is 0 Å². The van der Waals surface area contributed by atoms with E-state index >= 15 is 0 Å². The summed E-state index contributed by atoms with van der Waals surface area (Å²) in [6.07, 6.45) is 1.16. The van der Waals surface area contributed by atoms with Gasteiger partial charge in [0, 0.05) is 43.0 Å². The van der Waals surface area contributed by atoms with E-state index in [0.717, 1.165) is 34.1 Å². The van der Waals surface area contributed by atoms with Gasteiger partial charge in [-0.2, -0.15) is 8.78 Å². The van der Waals surface area contributed by atoms with Crippen molar-refractivity contribution < 1.29 is 66.3 Å². The Morgan fingerprint density at radius 2 is 1.41 bits per heavy atom. The molecule has 0 aliphatic carbocycles. The summed E-state index contributed by atoms with van der Waals surface area (Å²) in [6.45, 7) is 7.28. The average molecular weight is 1050 g/mol. The Morgan fingerprint density at radius 1 is 0.811 bits per heavy atom. The van der Waals surface area contributed by atoms with Gasteiger partial charge in [0.25, 0.3) is 11.8 Å². The molecule has 1 fully saturated rings. The lowest BCUT2D eigenvalue weighted by atomic mass is 9.85. The number of ether oxygens (including phenoxy) is 5. The molecule has 5 N–H and O–H groups in total. The maximum atomic E-state index is 14.9. The smallest absolute Gasteiger partial charge is 0.299 e. The number of aromatic nitrogens is 3. The van der Waals surface area contributed by atoms with Gasteiger partial charge in [0.1, 0.15) is 31.1 Å². The van der Waals surface area contributed by atoms with Crippen molar-refractivity contribution in [2.24, 2.45) is 5.41 Å². The topological polar surface area (TPSA) is 233 Å². The van der Waals surface area contributed by atoms with Gasteiger partial charge in [-0.15, -0.1) is 11.3 Å². The Bertz CT molecular complexity index is 2600. The minimum absolute atomic E-state index is 0.0410. The fourth-order valence-corrected chi connectivity index (χ4v) is 8.76. The van der Waals surface area contributed by atoms with Gasteiger partial charge in [0.15, 0.2) is 5.82 Å². The van der Waals surface area contributed by atoms with Crippen LogP contribution in [0.1, 0.15) is 61.1 Å². The van der Waals surface area contributed by atoms with Crippen LogP contribution in [0.25, 0.3) is 21.8 Å². The number of rotatable bonds is 27. The first kappa shape index (κ1) is 57.0. The van der Waals surface area contributed by atoms with E-state index in [2.05, 4.69) is 25.6 Å². The zero-order chi connectivity index (χ0) is 53.3. The molecule has 18 nitrogen and oxygen atoms in total. The maximum absolute atomic E-state index is 14.9. The Morgan fingerprint density at radius 3 is 1.99 bits per heavy atom. The third kappa shape index (κ3) is 16.1. The molecule has 3 aromatic carbocycles. The summed E-state index contributed by atoms with van der Waals surface area (Å²) in [7, 11) is 0. The number of halogens is 3. The van der Waals surface area contributed by atoms with Gasteiger partial charge in [0.2, 0.25) is 17.7 Å². The van der Waals surface area contributed by atoms with E-state index < -0.39 is 77.1 Å². The van der Waals surface area contributed by atoms with Gasteiger partial charge in [-0.3, -0.25) is 24.4 Å². The van der Waals surface area contributed by atoms with E-state index in [0.29, 0.717) is 11.1 Å². The number of β-amino-alcohol motifs (C(OH)–C–C–N with tert-alkyl or cyclic N) is 1. The molecule has 0 saturated carbocycles. The van der Waals surface area contributed by atoms with E-state index in [1.54, 1.807) is 61.3 Å². The van der Waals surface area contributed by atoms with Crippen LogP contribution in [0, 0.1) is 18.2 Å². The molecule has 0 bridgehead atoms. The highest BCUT2D eigenvalue weighted by Crippen LogP contribution is 2.32. The van der Waals surface area contributed by atoms with Gasteiger partial charge in [-0.1, -0.05) is 87.5 Å². The second-order valence-corrected chi connectivity index (χ2v) is 19.3. The van der Waals surface area contributed by atoms with Gasteiger partial charge in [-0.05, 0) is 35.1 Å². The number of nitrogens with one attached hydrogen (secondary N) is 3. The molecular weight excluding hydrogens is 988 g/mol. The van der Waals surface area contributed by atoms with E-state index in [1.807, 2.05) is 31.2 Å². The molecule has 398 valence electrons. The second-order valence-electron chi connectivity index (χ2n) is 18.4. The number of likely N-dealkylation sites (tertiary alicyclic amines) is 1. The van der Waals surface area contributed by atoms with E-state index in [-0.39, 0.29) is 90.4 Å². The summed E-state index contributed by atoms with van der Waals surface area (Å²) in [5.74, 6) is -7.28. The van der Waals surface area contributed by atoms with Crippen molar-refractivity contribution in [2.45, 2.75) is 70.7 Å². The van der Waals surface area contributed by atoms with E-state index in [9.17, 15) is 42.7 Å². The minimum Gasteiger partial charge on any atom is -0.391 e. The number of carbonyl (C=O) groups is 4. The number of benzene rings is 3. The molecule has 5 aromatic rings.